The highest BCUT2D eigenvalue weighted by Gasteiger charge is 2.22. The molecule has 2 rings (SSSR count). The van der Waals surface area contributed by atoms with Crippen LogP contribution in [0.3, 0.4) is 0 Å². The Hall–Kier alpha value is -2.65. The van der Waals surface area contributed by atoms with Gasteiger partial charge in [0.25, 0.3) is 5.56 Å². The molecule has 0 amide bonds. The van der Waals surface area contributed by atoms with Crippen molar-refractivity contribution in [3.63, 3.8) is 0 Å². The van der Waals surface area contributed by atoms with Gasteiger partial charge in [-0.1, -0.05) is 44.2 Å². The van der Waals surface area contributed by atoms with Crippen LogP contribution in [0, 0.1) is 5.92 Å². The Morgan fingerprint density at radius 2 is 2.00 bits per heavy atom. The van der Waals surface area contributed by atoms with Crippen LogP contribution in [0.15, 0.2) is 39.9 Å². The summed E-state index contributed by atoms with van der Waals surface area (Å²) in [5.74, 6) is 0.261. The van der Waals surface area contributed by atoms with Crippen molar-refractivity contribution < 1.29 is 4.74 Å². The number of aromatic amines is 1. The Morgan fingerprint density at radius 3 is 2.61 bits per heavy atom. The number of H-pyrrole nitrogens is 1. The molecule has 152 valence electrons. The van der Waals surface area contributed by atoms with Gasteiger partial charge in [0.05, 0.1) is 6.61 Å². The summed E-state index contributed by atoms with van der Waals surface area (Å²) in [6, 6.07) is 9.75. The summed E-state index contributed by atoms with van der Waals surface area (Å²) in [7, 11) is 1.56. The molecule has 0 aliphatic rings. The second-order valence-corrected chi connectivity index (χ2v) is 7.17. The van der Waals surface area contributed by atoms with Gasteiger partial charge in [0, 0.05) is 26.7 Å². The minimum Gasteiger partial charge on any atom is -0.383 e. The lowest BCUT2D eigenvalue weighted by molar-refractivity contribution is 0.207. The van der Waals surface area contributed by atoms with Gasteiger partial charge in [-0.2, -0.15) is 0 Å². The lowest BCUT2D eigenvalue weighted by atomic mass is 10.2. The Bertz CT molecular complexity index is 908. The van der Waals surface area contributed by atoms with E-state index in [0.29, 0.717) is 31.4 Å². The van der Waals surface area contributed by atoms with Gasteiger partial charge in [0.15, 0.2) is 10.8 Å². The molecule has 0 saturated heterocycles. The number of nitrogen functional groups attached to an aromatic ring is 1. The number of nitrogens with zero attached hydrogens (tertiary/aromatic N) is 2. The van der Waals surface area contributed by atoms with Crippen molar-refractivity contribution in [3.05, 3.63) is 56.7 Å². The normalized spacial score (nSPS) is 10.9. The minimum absolute atomic E-state index is 0.0856. The quantitative estimate of drug-likeness (QED) is 0.569. The maximum Gasteiger partial charge on any atom is 0.330 e. The van der Waals surface area contributed by atoms with Crippen molar-refractivity contribution in [2.45, 2.75) is 26.9 Å². The second-order valence-electron chi connectivity index (χ2n) is 6.79. The number of methoxy groups -OCH3 is 1. The van der Waals surface area contributed by atoms with Crippen LogP contribution in [0.25, 0.3) is 0 Å². The van der Waals surface area contributed by atoms with Gasteiger partial charge < -0.3 is 20.7 Å². The van der Waals surface area contributed by atoms with Gasteiger partial charge in [0.2, 0.25) is 0 Å². The van der Waals surface area contributed by atoms with E-state index in [0.717, 1.165) is 5.56 Å². The fourth-order valence-corrected chi connectivity index (χ4v) is 3.01. The van der Waals surface area contributed by atoms with Crippen LogP contribution >= 0.6 is 12.2 Å². The number of thiocarbonyl (C=S) groups is 1. The number of nitrogens with two attached hydrogens (primary N) is 1. The number of ether oxygens (including phenoxy) is 1. The largest absolute Gasteiger partial charge is 0.383 e. The van der Waals surface area contributed by atoms with Gasteiger partial charge in [-0.3, -0.25) is 14.3 Å². The molecule has 0 aliphatic carbocycles. The standard InChI is InChI=1S/C19H27N5O3S/c1-13(2)12-24-16(20)15(17(25)22-18(24)26)23(9-10-27-3)19(28)21-11-14-7-5-4-6-8-14/h4-8,13H,9-12,20H2,1-3H3,(H,21,28)(H,22,25,26). The predicted octanol–water partition coefficient (Wildman–Crippen LogP) is 1.30. The molecule has 0 bridgehead atoms. The topological polar surface area (TPSA) is 105 Å². The molecular weight excluding hydrogens is 378 g/mol. The maximum atomic E-state index is 12.6. The molecule has 1 aromatic carbocycles. The summed E-state index contributed by atoms with van der Waals surface area (Å²) < 4.78 is 6.52. The molecule has 4 N–H and O–H groups in total. The van der Waals surface area contributed by atoms with Gasteiger partial charge in [-0.15, -0.1) is 0 Å². The Morgan fingerprint density at radius 1 is 1.32 bits per heavy atom. The molecule has 1 aromatic heterocycles. The zero-order valence-electron chi connectivity index (χ0n) is 16.4. The summed E-state index contributed by atoms with van der Waals surface area (Å²) in [4.78, 5) is 28.7. The first kappa shape index (κ1) is 21.6. The Labute approximate surface area is 169 Å². The van der Waals surface area contributed by atoms with Gasteiger partial charge in [0.1, 0.15) is 5.82 Å². The van der Waals surface area contributed by atoms with Crippen LogP contribution in [0.2, 0.25) is 0 Å². The molecule has 0 unspecified atom stereocenters. The molecule has 0 saturated carbocycles. The van der Waals surface area contributed by atoms with Crippen molar-refractivity contribution in [2.24, 2.45) is 5.92 Å². The molecule has 9 heteroatoms. The number of rotatable bonds is 8. The number of nitrogens with one attached hydrogen (secondary N) is 2. The number of aromatic nitrogens is 2. The average Bonchev–Trinajstić information content (AvgIpc) is 2.66. The van der Waals surface area contributed by atoms with E-state index in [4.69, 9.17) is 22.7 Å². The highest BCUT2D eigenvalue weighted by atomic mass is 32.1. The number of anilines is 2. The van der Waals surface area contributed by atoms with Crippen LogP contribution in [-0.2, 0) is 17.8 Å². The van der Waals surface area contributed by atoms with E-state index < -0.39 is 11.2 Å². The Kier molecular flexibility index (Phi) is 7.77. The van der Waals surface area contributed by atoms with Crippen LogP contribution in [-0.4, -0.2) is 34.9 Å². The van der Waals surface area contributed by atoms with Crippen molar-refractivity contribution in [1.82, 2.24) is 14.9 Å². The number of hydrogen-bond acceptors (Lipinski definition) is 5. The van der Waals surface area contributed by atoms with E-state index >= 15 is 0 Å². The molecule has 0 radical (unpaired) electrons. The molecular formula is C19H27N5O3S. The monoisotopic (exact) mass is 405 g/mol. The Balaban J connectivity index is 2.37. The molecule has 0 aliphatic heterocycles. The summed E-state index contributed by atoms with van der Waals surface area (Å²) in [6.07, 6.45) is 0. The van der Waals surface area contributed by atoms with Gasteiger partial charge in [-0.25, -0.2) is 4.79 Å². The summed E-state index contributed by atoms with van der Waals surface area (Å²) in [5, 5.41) is 3.47. The van der Waals surface area contributed by atoms with E-state index in [1.165, 1.54) is 4.57 Å². The third-order valence-corrected chi connectivity index (χ3v) is 4.45. The highest BCUT2D eigenvalue weighted by Crippen LogP contribution is 2.18. The SMILES string of the molecule is COCCN(C(=S)NCc1ccccc1)c1c(N)n(CC(C)C)c(=O)[nH]c1=O. The summed E-state index contributed by atoms with van der Waals surface area (Å²) >= 11 is 5.52. The fourth-order valence-electron chi connectivity index (χ4n) is 2.75. The predicted molar refractivity (Wildman–Crippen MR) is 116 cm³/mol. The van der Waals surface area contributed by atoms with Crippen LogP contribution in [0.5, 0.6) is 0 Å². The third kappa shape index (κ3) is 5.43. The molecule has 28 heavy (non-hydrogen) atoms. The van der Waals surface area contributed by atoms with E-state index in [1.54, 1.807) is 12.0 Å². The lowest BCUT2D eigenvalue weighted by Crippen LogP contribution is -2.46. The van der Waals surface area contributed by atoms with Gasteiger partial charge in [-0.05, 0) is 23.7 Å². The van der Waals surface area contributed by atoms with Crippen LogP contribution in [0.4, 0.5) is 11.5 Å². The van der Waals surface area contributed by atoms with Crippen molar-refractivity contribution in [3.8, 4) is 0 Å². The zero-order valence-corrected chi connectivity index (χ0v) is 17.2. The summed E-state index contributed by atoms with van der Waals surface area (Å²) in [5.41, 5.74) is 6.30. The fraction of sp³-hybridized carbons (Fsp3) is 0.421. The average molecular weight is 406 g/mol. The first-order valence-electron chi connectivity index (χ1n) is 9.06. The van der Waals surface area contributed by atoms with E-state index in [2.05, 4.69) is 10.3 Å². The van der Waals surface area contributed by atoms with E-state index in [1.807, 2.05) is 44.2 Å². The first-order chi connectivity index (χ1) is 13.3. The lowest BCUT2D eigenvalue weighted by Gasteiger charge is -2.27. The zero-order chi connectivity index (χ0) is 20.7. The van der Waals surface area contributed by atoms with Crippen LogP contribution < -0.4 is 27.2 Å². The molecule has 8 nitrogen and oxygen atoms in total. The highest BCUT2D eigenvalue weighted by molar-refractivity contribution is 7.80. The molecule has 0 spiro atoms. The van der Waals surface area contributed by atoms with Crippen LogP contribution in [0.1, 0.15) is 19.4 Å². The van der Waals surface area contributed by atoms with Crippen molar-refractivity contribution in [2.75, 3.05) is 30.9 Å². The van der Waals surface area contributed by atoms with Crippen molar-refractivity contribution in [1.29, 1.82) is 0 Å². The van der Waals surface area contributed by atoms with Crippen molar-refractivity contribution >= 4 is 28.8 Å². The van der Waals surface area contributed by atoms with E-state index in [-0.39, 0.29) is 17.4 Å². The number of hydrogen-bond donors (Lipinski definition) is 3. The maximum absolute atomic E-state index is 12.6. The molecule has 2 aromatic rings. The van der Waals surface area contributed by atoms with Gasteiger partial charge >= 0.3 is 5.69 Å². The first-order valence-corrected chi connectivity index (χ1v) is 9.46. The molecule has 0 atom stereocenters. The smallest absolute Gasteiger partial charge is 0.330 e. The minimum atomic E-state index is -0.581. The molecule has 0 fully saturated rings. The number of benzene rings is 1. The second kappa shape index (κ2) is 10.0. The third-order valence-electron chi connectivity index (χ3n) is 4.08. The molecule has 1 heterocycles. The van der Waals surface area contributed by atoms with E-state index in [9.17, 15) is 9.59 Å². The summed E-state index contributed by atoms with van der Waals surface area (Å²) in [6.45, 7) is 5.44.